The first-order valence-corrected chi connectivity index (χ1v) is 10.7. The highest BCUT2D eigenvalue weighted by atomic mass is 16.5. The summed E-state index contributed by atoms with van der Waals surface area (Å²) in [6.07, 6.45) is 5.95. The minimum absolute atomic E-state index is 0.425. The standard InChI is InChI=1S/C26H28N4O2/c1-29(2)26-28-13-15-30(26)14-3-4-19-5-10-23-17-24(12-11-22(23)16-19)32-18-20-6-8-21(9-7-20)25(27)31/h5-13,15-17H,3-4,14,18H2,1-2H3,(H2,27,31). The smallest absolute Gasteiger partial charge is 0.248 e. The average Bonchev–Trinajstić information content (AvgIpc) is 3.27. The van der Waals surface area contributed by atoms with E-state index in [1.165, 1.54) is 10.9 Å². The maximum Gasteiger partial charge on any atom is 0.248 e. The lowest BCUT2D eigenvalue weighted by Gasteiger charge is -2.14. The Morgan fingerprint density at radius 2 is 1.72 bits per heavy atom. The Balaban J connectivity index is 1.35. The molecule has 0 unspecified atom stereocenters. The Hall–Kier alpha value is -3.80. The number of nitrogens with zero attached hydrogens (tertiary/aromatic N) is 3. The number of benzene rings is 3. The Morgan fingerprint density at radius 1 is 1.00 bits per heavy atom. The molecule has 0 saturated heterocycles. The summed E-state index contributed by atoms with van der Waals surface area (Å²) in [5.74, 6) is 1.38. The van der Waals surface area contributed by atoms with Crippen LogP contribution in [0.5, 0.6) is 5.75 Å². The molecule has 1 aromatic heterocycles. The Morgan fingerprint density at radius 3 is 2.47 bits per heavy atom. The Bertz CT molecular complexity index is 1210. The Labute approximate surface area is 188 Å². The van der Waals surface area contributed by atoms with Crippen LogP contribution in [0, 0.1) is 0 Å². The normalized spacial score (nSPS) is 10.9. The number of hydrogen-bond acceptors (Lipinski definition) is 4. The fraction of sp³-hybridized carbons (Fsp3) is 0.231. The van der Waals surface area contributed by atoms with Gasteiger partial charge in [-0.1, -0.05) is 36.4 Å². The van der Waals surface area contributed by atoms with Crippen molar-refractivity contribution in [2.75, 3.05) is 19.0 Å². The first kappa shape index (κ1) is 21.4. The summed E-state index contributed by atoms with van der Waals surface area (Å²) in [6, 6.07) is 19.9. The summed E-state index contributed by atoms with van der Waals surface area (Å²) < 4.78 is 8.13. The van der Waals surface area contributed by atoms with E-state index in [0.717, 1.165) is 42.0 Å². The Kier molecular flexibility index (Phi) is 6.40. The van der Waals surface area contributed by atoms with Crippen molar-refractivity contribution < 1.29 is 9.53 Å². The van der Waals surface area contributed by atoms with Crippen LogP contribution in [0.2, 0.25) is 0 Å². The van der Waals surface area contributed by atoms with Gasteiger partial charge >= 0.3 is 0 Å². The predicted molar refractivity (Wildman–Crippen MR) is 128 cm³/mol. The molecular formula is C26H28N4O2. The topological polar surface area (TPSA) is 73.4 Å². The minimum Gasteiger partial charge on any atom is -0.489 e. The molecule has 0 atom stereocenters. The molecule has 0 bridgehead atoms. The van der Waals surface area contributed by atoms with Crippen molar-refractivity contribution in [3.63, 3.8) is 0 Å². The van der Waals surface area contributed by atoms with E-state index >= 15 is 0 Å². The summed E-state index contributed by atoms with van der Waals surface area (Å²) in [5.41, 5.74) is 8.09. The molecule has 4 aromatic rings. The van der Waals surface area contributed by atoms with Gasteiger partial charge in [-0.05, 0) is 59.0 Å². The lowest BCUT2D eigenvalue weighted by atomic mass is 10.0. The highest BCUT2D eigenvalue weighted by Gasteiger charge is 2.06. The molecular weight excluding hydrogens is 400 g/mol. The lowest BCUT2D eigenvalue weighted by Crippen LogP contribution is -2.15. The fourth-order valence-electron chi connectivity index (χ4n) is 3.77. The zero-order valence-corrected chi connectivity index (χ0v) is 18.5. The molecule has 3 aromatic carbocycles. The van der Waals surface area contributed by atoms with Gasteiger partial charge < -0.3 is 19.9 Å². The molecule has 32 heavy (non-hydrogen) atoms. The van der Waals surface area contributed by atoms with E-state index < -0.39 is 5.91 Å². The van der Waals surface area contributed by atoms with E-state index in [1.54, 1.807) is 12.1 Å². The van der Waals surface area contributed by atoms with Crippen LogP contribution >= 0.6 is 0 Å². The SMILES string of the molecule is CN(C)c1nccn1CCCc1ccc2cc(OCc3ccc(C(N)=O)cc3)ccc2c1. The second-order valence-electron chi connectivity index (χ2n) is 8.11. The monoisotopic (exact) mass is 428 g/mol. The van der Waals surface area contributed by atoms with Gasteiger partial charge in [-0.3, -0.25) is 4.79 Å². The number of nitrogens with two attached hydrogens (primary N) is 1. The molecule has 1 amide bonds. The van der Waals surface area contributed by atoms with Crippen molar-refractivity contribution in [3.05, 3.63) is 89.7 Å². The molecule has 0 aliphatic heterocycles. The van der Waals surface area contributed by atoms with Crippen molar-refractivity contribution in [1.82, 2.24) is 9.55 Å². The van der Waals surface area contributed by atoms with Gasteiger partial charge in [0.15, 0.2) is 0 Å². The van der Waals surface area contributed by atoms with Crippen molar-refractivity contribution in [2.24, 2.45) is 5.73 Å². The summed E-state index contributed by atoms with van der Waals surface area (Å²) >= 11 is 0. The van der Waals surface area contributed by atoms with Crippen LogP contribution in [0.1, 0.15) is 27.9 Å². The van der Waals surface area contributed by atoms with Crippen LogP contribution in [-0.2, 0) is 19.6 Å². The van der Waals surface area contributed by atoms with Gasteiger partial charge in [0, 0.05) is 38.6 Å². The van der Waals surface area contributed by atoms with Crippen molar-refractivity contribution in [1.29, 1.82) is 0 Å². The average molecular weight is 429 g/mol. The van der Waals surface area contributed by atoms with E-state index in [1.807, 2.05) is 49.6 Å². The van der Waals surface area contributed by atoms with Crippen molar-refractivity contribution in [2.45, 2.75) is 26.0 Å². The van der Waals surface area contributed by atoms with Crippen LogP contribution in [0.25, 0.3) is 10.8 Å². The van der Waals surface area contributed by atoms with E-state index in [0.29, 0.717) is 12.2 Å². The number of carbonyl (C=O) groups excluding carboxylic acids is 1. The van der Waals surface area contributed by atoms with E-state index in [9.17, 15) is 4.79 Å². The number of anilines is 1. The molecule has 4 rings (SSSR count). The summed E-state index contributed by atoms with van der Waals surface area (Å²) in [4.78, 5) is 17.6. The maximum atomic E-state index is 11.2. The summed E-state index contributed by atoms with van der Waals surface area (Å²) in [7, 11) is 4.03. The highest BCUT2D eigenvalue weighted by Crippen LogP contribution is 2.24. The largest absolute Gasteiger partial charge is 0.489 e. The van der Waals surface area contributed by atoms with Gasteiger partial charge in [0.1, 0.15) is 12.4 Å². The number of aromatic nitrogens is 2. The molecule has 0 radical (unpaired) electrons. The molecule has 0 fully saturated rings. The molecule has 2 N–H and O–H groups in total. The van der Waals surface area contributed by atoms with E-state index in [4.69, 9.17) is 10.5 Å². The molecule has 6 nitrogen and oxygen atoms in total. The van der Waals surface area contributed by atoms with Crippen LogP contribution in [-0.4, -0.2) is 29.6 Å². The first-order valence-electron chi connectivity index (χ1n) is 10.7. The van der Waals surface area contributed by atoms with Crippen LogP contribution in [0.3, 0.4) is 0 Å². The zero-order chi connectivity index (χ0) is 22.5. The number of imidazole rings is 1. The number of rotatable bonds is 9. The van der Waals surface area contributed by atoms with E-state index in [2.05, 4.69) is 39.9 Å². The van der Waals surface area contributed by atoms with Gasteiger partial charge in [-0.25, -0.2) is 4.98 Å². The number of carbonyl (C=O) groups is 1. The zero-order valence-electron chi connectivity index (χ0n) is 18.5. The molecule has 0 spiro atoms. The lowest BCUT2D eigenvalue weighted by molar-refractivity contribution is 0.1000. The minimum atomic E-state index is -0.425. The van der Waals surface area contributed by atoms with Crippen LogP contribution in [0.15, 0.2) is 73.1 Å². The van der Waals surface area contributed by atoms with Gasteiger partial charge in [0.25, 0.3) is 0 Å². The second-order valence-corrected chi connectivity index (χ2v) is 8.11. The number of ether oxygens (including phenoxy) is 1. The molecule has 1 heterocycles. The number of hydrogen-bond donors (Lipinski definition) is 1. The van der Waals surface area contributed by atoms with Crippen molar-refractivity contribution in [3.8, 4) is 5.75 Å². The van der Waals surface area contributed by atoms with Crippen molar-refractivity contribution >= 4 is 22.6 Å². The first-order chi connectivity index (χ1) is 15.5. The third-order valence-electron chi connectivity index (χ3n) is 5.48. The van der Waals surface area contributed by atoms with Gasteiger partial charge in [0.2, 0.25) is 11.9 Å². The predicted octanol–water partition coefficient (Wildman–Crippen LogP) is 4.41. The number of primary amides is 1. The fourth-order valence-corrected chi connectivity index (χ4v) is 3.77. The van der Waals surface area contributed by atoms with Crippen LogP contribution in [0.4, 0.5) is 5.95 Å². The van der Waals surface area contributed by atoms with Gasteiger partial charge in [0.05, 0.1) is 0 Å². The number of aryl methyl sites for hydroxylation is 2. The molecule has 0 aliphatic rings. The third kappa shape index (κ3) is 5.09. The second kappa shape index (κ2) is 9.56. The molecule has 6 heteroatoms. The quantitative estimate of drug-likeness (QED) is 0.428. The maximum absolute atomic E-state index is 11.2. The molecule has 164 valence electrons. The highest BCUT2D eigenvalue weighted by molar-refractivity contribution is 5.92. The number of fused-ring (bicyclic) bond motifs is 1. The third-order valence-corrected chi connectivity index (χ3v) is 5.48. The summed E-state index contributed by atoms with van der Waals surface area (Å²) in [6.45, 7) is 1.38. The van der Waals surface area contributed by atoms with Gasteiger partial charge in [-0.2, -0.15) is 0 Å². The molecule has 0 aliphatic carbocycles. The summed E-state index contributed by atoms with van der Waals surface area (Å²) in [5, 5.41) is 2.36. The van der Waals surface area contributed by atoms with Crippen LogP contribution < -0.4 is 15.4 Å². The van der Waals surface area contributed by atoms with E-state index in [-0.39, 0.29) is 0 Å². The number of amides is 1. The molecule has 0 saturated carbocycles. The van der Waals surface area contributed by atoms with Gasteiger partial charge in [-0.15, -0.1) is 0 Å².